The van der Waals surface area contributed by atoms with Crippen LogP contribution in [0.5, 0.6) is 0 Å². The average molecular weight is 230 g/mol. The molecule has 2 rings (SSSR count). The molecule has 0 radical (unpaired) electrons. The molecule has 0 aliphatic carbocycles. The fourth-order valence-electron chi connectivity index (χ4n) is 1.39. The minimum atomic E-state index is -0.399. The van der Waals surface area contributed by atoms with Crippen LogP contribution in [0.15, 0.2) is 24.5 Å². The number of carbonyl (C=O) groups is 1. The quantitative estimate of drug-likeness (QED) is 0.534. The molecule has 1 aliphatic rings. The Balaban J connectivity index is 1.90. The second kappa shape index (κ2) is 4.65. The second-order valence-corrected chi connectivity index (χ2v) is 3.83. The highest BCUT2D eigenvalue weighted by Crippen LogP contribution is 1.99. The number of carbonyl (C=O) groups excluding carboxylic acids is 1. The van der Waals surface area contributed by atoms with Gasteiger partial charge in [0.1, 0.15) is 6.04 Å². The van der Waals surface area contributed by atoms with Crippen LogP contribution in [0.3, 0.4) is 0 Å². The van der Waals surface area contributed by atoms with Gasteiger partial charge in [0.25, 0.3) is 0 Å². The van der Waals surface area contributed by atoms with Crippen LogP contribution in [-0.4, -0.2) is 35.3 Å². The Morgan fingerprint density at radius 2 is 2.13 bits per heavy atom. The number of aromatic nitrogens is 1. The molecule has 1 aromatic heterocycles. The van der Waals surface area contributed by atoms with Crippen molar-refractivity contribution in [2.75, 3.05) is 13.1 Å². The lowest BCUT2D eigenvalue weighted by Gasteiger charge is -2.26. The third-order valence-electron chi connectivity index (χ3n) is 2.11. The summed E-state index contributed by atoms with van der Waals surface area (Å²) in [6.07, 6.45) is 3.32. The van der Waals surface area contributed by atoms with Crippen molar-refractivity contribution in [3.63, 3.8) is 0 Å². The maximum atomic E-state index is 11.6. The van der Waals surface area contributed by atoms with Gasteiger partial charge >= 0.3 is 5.97 Å². The summed E-state index contributed by atoms with van der Waals surface area (Å²) in [5, 5.41) is 5.98. The average Bonchev–Trinajstić information content (AvgIpc) is 2.70. The van der Waals surface area contributed by atoms with Crippen LogP contribution in [0, 0.1) is 0 Å². The molecule has 5 nitrogen and oxygen atoms in total. The summed E-state index contributed by atoms with van der Waals surface area (Å²) < 4.78 is 1.36. The molecule has 0 aromatic carbocycles. The van der Waals surface area contributed by atoms with E-state index in [1.165, 1.54) is 4.73 Å². The fraction of sp³-hybridized carbons (Fsp3) is 0.444. The van der Waals surface area contributed by atoms with E-state index in [-0.39, 0.29) is 11.5 Å². The monoisotopic (exact) mass is 229 g/mol. The maximum absolute atomic E-state index is 11.6. The molecular formula is C9H12ClN3O2. The summed E-state index contributed by atoms with van der Waals surface area (Å²) in [6.45, 7) is 1.18. The summed E-state index contributed by atoms with van der Waals surface area (Å²) in [7, 11) is 0. The van der Waals surface area contributed by atoms with Gasteiger partial charge in [-0.05, 0) is 12.1 Å². The molecular weight excluding hydrogens is 218 g/mol. The smallest absolute Gasteiger partial charge is 0.335 e. The first-order valence-electron chi connectivity index (χ1n) is 4.72. The first-order chi connectivity index (χ1) is 7.25. The molecule has 2 N–H and O–H groups in total. The Hall–Kier alpha value is -1.04. The molecule has 1 fully saturated rings. The normalized spacial score (nSPS) is 26.2. The number of rotatable bonds is 2. The molecule has 0 saturated carbocycles. The molecule has 6 heteroatoms. The van der Waals surface area contributed by atoms with Crippen molar-refractivity contribution in [2.24, 2.45) is 0 Å². The predicted molar refractivity (Wildman–Crippen MR) is 55.5 cm³/mol. The SMILES string of the molecule is O=C(On1cccc1)C1CNCC(Cl)N1. The molecule has 1 aromatic rings. The summed E-state index contributed by atoms with van der Waals surface area (Å²) in [5.41, 5.74) is -0.235. The largest absolute Gasteiger partial charge is 0.350 e. The van der Waals surface area contributed by atoms with Gasteiger partial charge in [-0.2, -0.15) is 4.73 Å². The first-order valence-corrected chi connectivity index (χ1v) is 5.15. The number of piperazine rings is 1. The van der Waals surface area contributed by atoms with Crippen LogP contribution in [0.25, 0.3) is 0 Å². The molecule has 2 unspecified atom stereocenters. The lowest BCUT2D eigenvalue weighted by molar-refractivity contribution is -0.147. The summed E-state index contributed by atoms with van der Waals surface area (Å²) in [6, 6.07) is 3.16. The van der Waals surface area contributed by atoms with Crippen molar-refractivity contribution in [3.05, 3.63) is 24.5 Å². The topological polar surface area (TPSA) is 55.3 Å². The number of hydrogen-bond acceptors (Lipinski definition) is 4. The first kappa shape index (κ1) is 10.5. The third-order valence-corrected chi connectivity index (χ3v) is 2.39. The Labute approximate surface area is 92.3 Å². The van der Waals surface area contributed by atoms with Crippen molar-refractivity contribution in [1.29, 1.82) is 0 Å². The van der Waals surface area contributed by atoms with Gasteiger partial charge in [0.05, 0.1) is 5.50 Å². The molecule has 0 bridgehead atoms. The Kier molecular flexibility index (Phi) is 3.25. The van der Waals surface area contributed by atoms with Gasteiger partial charge in [-0.3, -0.25) is 5.32 Å². The van der Waals surface area contributed by atoms with Gasteiger partial charge < -0.3 is 10.2 Å². The van der Waals surface area contributed by atoms with Gasteiger partial charge in [-0.1, -0.05) is 0 Å². The van der Waals surface area contributed by atoms with E-state index in [9.17, 15) is 4.79 Å². The molecule has 15 heavy (non-hydrogen) atoms. The van der Waals surface area contributed by atoms with E-state index in [0.717, 1.165) is 0 Å². The van der Waals surface area contributed by atoms with Gasteiger partial charge in [-0.15, -0.1) is 11.6 Å². The number of alkyl halides is 1. The summed E-state index contributed by atoms with van der Waals surface area (Å²) in [4.78, 5) is 16.7. The molecule has 82 valence electrons. The molecule has 0 amide bonds. The molecule has 2 atom stereocenters. The lowest BCUT2D eigenvalue weighted by atomic mass is 10.2. The minimum absolute atomic E-state index is 0.235. The summed E-state index contributed by atoms with van der Waals surface area (Å²) >= 11 is 5.85. The van der Waals surface area contributed by atoms with Gasteiger partial charge in [0, 0.05) is 25.5 Å². The molecule has 2 heterocycles. The zero-order chi connectivity index (χ0) is 10.7. The highest BCUT2D eigenvalue weighted by molar-refractivity contribution is 6.20. The lowest BCUT2D eigenvalue weighted by Crippen LogP contribution is -2.57. The number of hydrogen-bond donors (Lipinski definition) is 2. The van der Waals surface area contributed by atoms with Crippen LogP contribution >= 0.6 is 11.6 Å². The zero-order valence-electron chi connectivity index (χ0n) is 8.02. The van der Waals surface area contributed by atoms with Crippen molar-refractivity contribution < 1.29 is 9.63 Å². The number of nitrogens with zero attached hydrogens (tertiary/aromatic N) is 1. The van der Waals surface area contributed by atoms with E-state index < -0.39 is 6.04 Å². The molecule has 1 aliphatic heterocycles. The van der Waals surface area contributed by atoms with Crippen molar-refractivity contribution >= 4 is 17.6 Å². The Bertz CT molecular complexity index is 328. The van der Waals surface area contributed by atoms with Crippen molar-refractivity contribution in [2.45, 2.75) is 11.5 Å². The third kappa shape index (κ3) is 2.71. The number of halogens is 1. The van der Waals surface area contributed by atoms with E-state index in [2.05, 4.69) is 10.6 Å². The highest BCUT2D eigenvalue weighted by atomic mass is 35.5. The second-order valence-electron chi connectivity index (χ2n) is 3.30. The van der Waals surface area contributed by atoms with E-state index in [4.69, 9.17) is 16.4 Å². The standard InChI is InChI=1S/C9H12ClN3O2/c10-8-6-11-5-7(12-8)9(14)15-13-3-1-2-4-13/h1-4,7-8,11-12H,5-6H2. The van der Waals surface area contributed by atoms with Crippen LogP contribution in [0.2, 0.25) is 0 Å². The minimum Gasteiger partial charge on any atom is -0.335 e. The Morgan fingerprint density at radius 3 is 2.80 bits per heavy atom. The molecule has 1 saturated heterocycles. The van der Waals surface area contributed by atoms with Crippen LogP contribution in [0.4, 0.5) is 0 Å². The number of nitrogens with one attached hydrogen (secondary N) is 2. The fourth-order valence-corrected chi connectivity index (χ4v) is 1.65. The van der Waals surface area contributed by atoms with Crippen molar-refractivity contribution in [3.8, 4) is 0 Å². The van der Waals surface area contributed by atoms with Gasteiger partial charge in [0.15, 0.2) is 0 Å². The van der Waals surface area contributed by atoms with E-state index in [0.29, 0.717) is 13.1 Å². The van der Waals surface area contributed by atoms with Crippen LogP contribution < -0.4 is 15.5 Å². The van der Waals surface area contributed by atoms with Gasteiger partial charge in [-0.25, -0.2) is 4.79 Å². The van der Waals surface area contributed by atoms with E-state index >= 15 is 0 Å². The van der Waals surface area contributed by atoms with Crippen LogP contribution in [0.1, 0.15) is 0 Å². The maximum Gasteiger partial charge on any atom is 0.350 e. The molecule has 0 spiro atoms. The van der Waals surface area contributed by atoms with Gasteiger partial charge in [0.2, 0.25) is 0 Å². The predicted octanol–water partition coefficient (Wildman–Crippen LogP) is -0.430. The Morgan fingerprint density at radius 1 is 1.40 bits per heavy atom. The van der Waals surface area contributed by atoms with E-state index in [1.807, 2.05) is 0 Å². The highest BCUT2D eigenvalue weighted by Gasteiger charge is 2.26. The van der Waals surface area contributed by atoms with Crippen LogP contribution in [-0.2, 0) is 4.79 Å². The summed E-state index contributed by atoms with van der Waals surface area (Å²) in [5.74, 6) is -0.343. The zero-order valence-corrected chi connectivity index (χ0v) is 8.78. The van der Waals surface area contributed by atoms with Crippen molar-refractivity contribution in [1.82, 2.24) is 15.4 Å². The van der Waals surface area contributed by atoms with E-state index in [1.54, 1.807) is 24.5 Å².